The van der Waals surface area contributed by atoms with Gasteiger partial charge in [0.15, 0.2) is 11.5 Å². The molecule has 1 heterocycles. The summed E-state index contributed by atoms with van der Waals surface area (Å²) >= 11 is 1.71. The number of aliphatic hydroxyl groups excluding tert-OH is 1. The van der Waals surface area contributed by atoms with Crippen LogP contribution in [0.15, 0.2) is 18.2 Å². The van der Waals surface area contributed by atoms with Crippen LogP contribution in [0, 0.1) is 0 Å². The zero-order valence-corrected chi connectivity index (χ0v) is 16.0. The molecule has 136 valence electrons. The van der Waals surface area contributed by atoms with Gasteiger partial charge in [-0.1, -0.05) is 13.3 Å². The molecule has 0 unspecified atom stereocenters. The molecule has 1 aliphatic rings. The second kappa shape index (κ2) is 7.77. The van der Waals surface area contributed by atoms with Gasteiger partial charge in [0.25, 0.3) is 0 Å². The molecule has 0 saturated carbocycles. The minimum atomic E-state index is 0.0416. The number of thiophene rings is 1. The van der Waals surface area contributed by atoms with E-state index in [4.69, 9.17) is 15.2 Å². The fraction of sp³-hybridized carbons (Fsp3) is 0.500. The minimum Gasteiger partial charge on any atom is -0.493 e. The van der Waals surface area contributed by atoms with Crippen LogP contribution in [0.2, 0.25) is 0 Å². The van der Waals surface area contributed by atoms with Gasteiger partial charge in [-0.3, -0.25) is 0 Å². The van der Waals surface area contributed by atoms with Gasteiger partial charge in [0.05, 0.1) is 20.8 Å². The lowest BCUT2D eigenvalue weighted by atomic mass is 9.75. The zero-order chi connectivity index (χ0) is 18.0. The quantitative estimate of drug-likeness (QED) is 0.825. The summed E-state index contributed by atoms with van der Waals surface area (Å²) in [4.78, 5) is 2.35. The third-order valence-corrected chi connectivity index (χ3v) is 6.22. The highest BCUT2D eigenvalue weighted by atomic mass is 32.1. The van der Waals surface area contributed by atoms with Gasteiger partial charge in [-0.2, -0.15) is 0 Å². The van der Waals surface area contributed by atoms with Crippen LogP contribution in [0.3, 0.4) is 0 Å². The van der Waals surface area contributed by atoms with Crippen molar-refractivity contribution in [3.8, 4) is 11.5 Å². The van der Waals surface area contributed by atoms with E-state index in [1.807, 2.05) is 0 Å². The molecule has 1 aliphatic carbocycles. The van der Waals surface area contributed by atoms with Crippen LogP contribution in [0.4, 0.5) is 0 Å². The van der Waals surface area contributed by atoms with E-state index < -0.39 is 0 Å². The number of benzene rings is 1. The van der Waals surface area contributed by atoms with Crippen LogP contribution < -0.4 is 15.2 Å². The molecule has 4 nitrogen and oxygen atoms in total. The average Bonchev–Trinajstić information content (AvgIpc) is 3.03. The molecular weight excluding hydrogens is 334 g/mol. The molecule has 0 spiro atoms. The van der Waals surface area contributed by atoms with Crippen molar-refractivity contribution in [2.45, 2.75) is 51.2 Å². The van der Waals surface area contributed by atoms with Crippen molar-refractivity contribution in [3.63, 3.8) is 0 Å². The summed E-state index contributed by atoms with van der Waals surface area (Å²) < 4.78 is 11.0. The highest BCUT2D eigenvalue weighted by molar-refractivity contribution is 7.12. The molecule has 0 fully saturated rings. The maximum absolute atomic E-state index is 9.87. The first-order chi connectivity index (χ1) is 12.1. The van der Waals surface area contributed by atoms with Gasteiger partial charge in [0.1, 0.15) is 0 Å². The molecule has 2 atom stereocenters. The Kier molecular flexibility index (Phi) is 5.67. The van der Waals surface area contributed by atoms with E-state index >= 15 is 0 Å². The van der Waals surface area contributed by atoms with E-state index in [0.29, 0.717) is 0 Å². The number of methoxy groups -OCH3 is 2. The van der Waals surface area contributed by atoms with Gasteiger partial charge in [-0.05, 0) is 54.2 Å². The van der Waals surface area contributed by atoms with Crippen molar-refractivity contribution >= 4 is 11.3 Å². The second-order valence-corrected chi connectivity index (χ2v) is 7.81. The smallest absolute Gasteiger partial charge is 0.161 e. The molecule has 0 amide bonds. The molecule has 1 aromatic carbocycles. The van der Waals surface area contributed by atoms with E-state index in [9.17, 15) is 5.11 Å². The third-order valence-electron chi connectivity index (χ3n) is 5.02. The normalized spacial score (nSPS) is 19.6. The van der Waals surface area contributed by atoms with E-state index in [2.05, 4.69) is 25.1 Å². The summed E-state index contributed by atoms with van der Waals surface area (Å²) in [5.74, 6) is 1.58. The topological polar surface area (TPSA) is 64.7 Å². The Labute approximate surface area is 153 Å². The molecule has 2 aromatic rings. The molecule has 0 bridgehead atoms. The Morgan fingerprint density at radius 2 is 1.88 bits per heavy atom. The van der Waals surface area contributed by atoms with Crippen molar-refractivity contribution in [1.82, 2.24) is 0 Å². The van der Waals surface area contributed by atoms with Gasteiger partial charge < -0.3 is 20.3 Å². The Hall–Kier alpha value is -1.56. The molecular formula is C20H27NO3S. The molecule has 25 heavy (non-hydrogen) atoms. The first-order valence-electron chi connectivity index (χ1n) is 8.85. The number of hydrogen-bond donors (Lipinski definition) is 2. The maximum atomic E-state index is 9.87. The number of rotatable bonds is 6. The molecule has 3 rings (SSSR count). The summed E-state index contributed by atoms with van der Waals surface area (Å²) in [6, 6.07) is 6.43. The predicted molar refractivity (Wildman–Crippen MR) is 102 cm³/mol. The van der Waals surface area contributed by atoms with Gasteiger partial charge in [-0.25, -0.2) is 0 Å². The molecule has 0 aliphatic heterocycles. The molecule has 1 aromatic heterocycles. The van der Waals surface area contributed by atoms with Crippen LogP contribution >= 0.6 is 11.3 Å². The molecule has 3 N–H and O–H groups in total. The van der Waals surface area contributed by atoms with Crippen LogP contribution in [-0.4, -0.2) is 25.4 Å². The van der Waals surface area contributed by atoms with E-state index in [1.54, 1.807) is 25.6 Å². The Morgan fingerprint density at radius 1 is 1.16 bits per heavy atom. The average molecular weight is 362 g/mol. The van der Waals surface area contributed by atoms with Crippen molar-refractivity contribution < 1.29 is 14.6 Å². The van der Waals surface area contributed by atoms with E-state index in [0.717, 1.165) is 42.1 Å². The summed E-state index contributed by atoms with van der Waals surface area (Å²) in [6.07, 6.45) is 4.01. The van der Waals surface area contributed by atoms with Crippen LogP contribution in [-0.2, 0) is 19.4 Å². The highest BCUT2D eigenvalue weighted by Crippen LogP contribution is 2.44. The van der Waals surface area contributed by atoms with Crippen molar-refractivity contribution in [3.05, 3.63) is 44.6 Å². The lowest BCUT2D eigenvalue weighted by Gasteiger charge is -2.32. The van der Waals surface area contributed by atoms with Crippen molar-refractivity contribution in [2.75, 3.05) is 14.2 Å². The predicted octanol–water partition coefficient (Wildman–Crippen LogP) is 3.62. The largest absolute Gasteiger partial charge is 0.493 e. The van der Waals surface area contributed by atoms with Gasteiger partial charge in [0.2, 0.25) is 0 Å². The Bertz CT molecular complexity index is 741. The van der Waals surface area contributed by atoms with Crippen LogP contribution in [0.5, 0.6) is 11.5 Å². The summed E-state index contributed by atoms with van der Waals surface area (Å²) in [5, 5.41) is 9.87. The summed E-state index contributed by atoms with van der Waals surface area (Å²) in [7, 11) is 3.32. The first kappa shape index (κ1) is 18.2. The third kappa shape index (κ3) is 3.41. The number of hydrogen-bond acceptors (Lipinski definition) is 5. The fourth-order valence-electron chi connectivity index (χ4n) is 3.82. The lowest BCUT2D eigenvalue weighted by Crippen LogP contribution is -2.34. The van der Waals surface area contributed by atoms with Crippen molar-refractivity contribution in [2.24, 2.45) is 5.73 Å². The van der Waals surface area contributed by atoms with E-state index in [1.165, 1.54) is 21.6 Å². The Balaban J connectivity index is 2.11. The highest BCUT2D eigenvalue weighted by Gasteiger charge is 2.32. The standard InChI is InChI=1S/C20H27NO3S/c1-4-5-13-9-15(19(11-22)25-13)20-14-10-18(24-3)17(23-2)8-12(14)6-7-16(20)21/h8-10,16,20,22H,4-7,11,21H2,1-3H3/t16-,20+/m1/s1. The maximum Gasteiger partial charge on any atom is 0.161 e. The molecule has 0 saturated heterocycles. The minimum absolute atomic E-state index is 0.0416. The number of fused-ring (bicyclic) bond motifs is 1. The number of aryl methyl sites for hydroxylation is 2. The number of ether oxygens (including phenoxy) is 2. The van der Waals surface area contributed by atoms with Gasteiger partial charge >= 0.3 is 0 Å². The van der Waals surface area contributed by atoms with Crippen LogP contribution in [0.25, 0.3) is 0 Å². The molecule has 5 heteroatoms. The summed E-state index contributed by atoms with van der Waals surface area (Å²) in [6.45, 7) is 2.24. The first-order valence-corrected chi connectivity index (χ1v) is 9.67. The van der Waals surface area contributed by atoms with Crippen LogP contribution in [0.1, 0.15) is 52.1 Å². The number of nitrogens with two attached hydrogens (primary N) is 1. The SMILES string of the molecule is CCCc1cc([C@@H]2c3cc(OC)c(OC)cc3CC[C@H]2N)c(CO)s1. The van der Waals surface area contributed by atoms with Gasteiger partial charge in [-0.15, -0.1) is 11.3 Å². The Morgan fingerprint density at radius 3 is 2.52 bits per heavy atom. The van der Waals surface area contributed by atoms with Gasteiger partial charge in [0, 0.05) is 21.7 Å². The lowest BCUT2D eigenvalue weighted by molar-refractivity contribution is 0.283. The van der Waals surface area contributed by atoms with E-state index in [-0.39, 0.29) is 18.6 Å². The number of aliphatic hydroxyl groups is 1. The van der Waals surface area contributed by atoms with Crippen molar-refractivity contribution in [1.29, 1.82) is 0 Å². The second-order valence-electron chi connectivity index (χ2n) is 6.59. The fourth-order valence-corrected chi connectivity index (χ4v) is 4.99. The summed E-state index contributed by atoms with van der Waals surface area (Å²) in [5.41, 5.74) is 10.2. The monoisotopic (exact) mass is 361 g/mol. The molecule has 0 radical (unpaired) electrons. The zero-order valence-electron chi connectivity index (χ0n) is 15.2.